The number of alkyl halides is 3. The third-order valence-electron chi connectivity index (χ3n) is 3.05. The molecule has 0 bridgehead atoms. The van der Waals surface area contributed by atoms with Crippen LogP contribution in [0.15, 0.2) is 22.7 Å². The third-order valence-corrected chi connectivity index (χ3v) is 3.54. The average Bonchev–Trinajstić information content (AvgIpc) is 2.18. The van der Waals surface area contributed by atoms with Crippen molar-refractivity contribution in [3.63, 3.8) is 0 Å². The number of fused-ring (bicyclic) bond motifs is 1. The molecule has 1 nitrogen and oxygen atoms in total. The SMILES string of the molecule is CC1(C(F)(F)F)NCCc2ccc(Br)cc21. The van der Waals surface area contributed by atoms with Crippen molar-refractivity contribution in [1.82, 2.24) is 5.32 Å². The van der Waals surface area contributed by atoms with Gasteiger partial charge in [-0.3, -0.25) is 5.32 Å². The van der Waals surface area contributed by atoms with Crippen LogP contribution in [-0.4, -0.2) is 12.7 Å². The highest BCUT2D eigenvalue weighted by Crippen LogP contribution is 2.42. The van der Waals surface area contributed by atoms with Gasteiger partial charge in [0.2, 0.25) is 0 Å². The van der Waals surface area contributed by atoms with Crippen molar-refractivity contribution in [2.24, 2.45) is 0 Å². The van der Waals surface area contributed by atoms with E-state index in [1.54, 1.807) is 18.2 Å². The van der Waals surface area contributed by atoms with Gasteiger partial charge in [-0.05, 0) is 36.6 Å². The number of rotatable bonds is 0. The van der Waals surface area contributed by atoms with Gasteiger partial charge in [0.1, 0.15) is 5.54 Å². The molecule has 1 aromatic rings. The number of hydrogen-bond donors (Lipinski definition) is 1. The zero-order valence-corrected chi connectivity index (χ0v) is 10.2. The summed E-state index contributed by atoms with van der Waals surface area (Å²) in [7, 11) is 0. The van der Waals surface area contributed by atoms with E-state index in [0.29, 0.717) is 23.0 Å². The van der Waals surface area contributed by atoms with E-state index >= 15 is 0 Å². The Kier molecular flexibility index (Phi) is 2.78. The highest BCUT2D eigenvalue weighted by atomic mass is 79.9. The van der Waals surface area contributed by atoms with Crippen LogP contribution in [0.2, 0.25) is 0 Å². The van der Waals surface area contributed by atoms with Crippen molar-refractivity contribution in [3.8, 4) is 0 Å². The summed E-state index contributed by atoms with van der Waals surface area (Å²) in [4.78, 5) is 0. The lowest BCUT2D eigenvalue weighted by molar-refractivity contribution is -0.197. The topological polar surface area (TPSA) is 12.0 Å². The Morgan fingerprint density at radius 3 is 2.69 bits per heavy atom. The molecule has 0 saturated carbocycles. The van der Waals surface area contributed by atoms with Crippen LogP contribution in [0.3, 0.4) is 0 Å². The zero-order valence-electron chi connectivity index (χ0n) is 8.66. The molecule has 1 aromatic carbocycles. The fraction of sp³-hybridized carbons (Fsp3) is 0.455. The van der Waals surface area contributed by atoms with E-state index < -0.39 is 11.7 Å². The molecule has 88 valence electrons. The van der Waals surface area contributed by atoms with Crippen LogP contribution in [0.1, 0.15) is 18.1 Å². The van der Waals surface area contributed by atoms with Crippen molar-refractivity contribution >= 4 is 15.9 Å². The van der Waals surface area contributed by atoms with Gasteiger partial charge < -0.3 is 0 Å². The van der Waals surface area contributed by atoms with E-state index in [1.807, 2.05) is 0 Å². The molecule has 0 amide bonds. The lowest BCUT2D eigenvalue weighted by Crippen LogP contribution is -2.55. The predicted octanol–water partition coefficient (Wildman–Crippen LogP) is 3.37. The summed E-state index contributed by atoms with van der Waals surface area (Å²) in [5.74, 6) is 0. The highest BCUT2D eigenvalue weighted by Gasteiger charge is 2.53. The van der Waals surface area contributed by atoms with Crippen LogP contribution in [0.25, 0.3) is 0 Å². The first-order chi connectivity index (χ1) is 7.34. The number of nitrogens with one attached hydrogen (secondary N) is 1. The Labute approximate surface area is 100 Å². The normalized spacial score (nSPS) is 25.3. The molecule has 1 aliphatic rings. The second kappa shape index (κ2) is 3.74. The first-order valence-corrected chi connectivity index (χ1v) is 5.74. The first-order valence-electron chi connectivity index (χ1n) is 4.95. The number of halogens is 4. The van der Waals surface area contributed by atoms with Crippen LogP contribution in [0.5, 0.6) is 0 Å². The maximum Gasteiger partial charge on any atom is 0.410 e. The van der Waals surface area contributed by atoms with Crippen LogP contribution < -0.4 is 5.32 Å². The standard InChI is InChI=1S/C11H11BrF3N/c1-10(11(13,14)15)9-6-8(12)3-2-7(9)4-5-16-10/h2-3,6,16H,4-5H2,1H3. The lowest BCUT2D eigenvalue weighted by atomic mass is 9.83. The van der Waals surface area contributed by atoms with Crippen molar-refractivity contribution in [3.05, 3.63) is 33.8 Å². The minimum absolute atomic E-state index is 0.320. The molecule has 16 heavy (non-hydrogen) atoms. The molecule has 1 unspecified atom stereocenters. The highest BCUT2D eigenvalue weighted by molar-refractivity contribution is 9.10. The smallest absolute Gasteiger partial charge is 0.300 e. The van der Waals surface area contributed by atoms with Gasteiger partial charge in [0.15, 0.2) is 0 Å². The molecule has 0 fully saturated rings. The van der Waals surface area contributed by atoms with Crippen LogP contribution >= 0.6 is 15.9 Å². The van der Waals surface area contributed by atoms with Gasteiger partial charge in [0.25, 0.3) is 0 Å². The minimum atomic E-state index is -4.29. The van der Waals surface area contributed by atoms with E-state index in [2.05, 4.69) is 21.2 Å². The molecule has 0 aromatic heterocycles. The largest absolute Gasteiger partial charge is 0.410 e. The van der Waals surface area contributed by atoms with Crippen LogP contribution in [0.4, 0.5) is 13.2 Å². The Morgan fingerprint density at radius 2 is 2.06 bits per heavy atom. The average molecular weight is 294 g/mol. The van der Waals surface area contributed by atoms with Crippen LogP contribution in [0, 0.1) is 0 Å². The van der Waals surface area contributed by atoms with Gasteiger partial charge >= 0.3 is 6.18 Å². The minimum Gasteiger partial charge on any atom is -0.300 e. The van der Waals surface area contributed by atoms with Crippen molar-refractivity contribution in [1.29, 1.82) is 0 Å². The summed E-state index contributed by atoms with van der Waals surface area (Å²) in [6.45, 7) is 1.54. The molecule has 0 aliphatic carbocycles. The van der Waals surface area contributed by atoms with Crippen molar-refractivity contribution < 1.29 is 13.2 Å². The molecule has 0 saturated heterocycles. The second-order valence-corrected chi connectivity index (χ2v) is 5.02. The Bertz CT molecular complexity index is 416. The Hall–Kier alpha value is -0.550. The molecule has 5 heteroatoms. The van der Waals surface area contributed by atoms with Gasteiger partial charge in [0.05, 0.1) is 0 Å². The van der Waals surface area contributed by atoms with Gasteiger partial charge in [-0.2, -0.15) is 13.2 Å². The summed E-state index contributed by atoms with van der Waals surface area (Å²) in [6, 6.07) is 5.08. The molecule has 1 heterocycles. The summed E-state index contributed by atoms with van der Waals surface area (Å²) < 4.78 is 39.8. The van der Waals surface area contributed by atoms with Gasteiger partial charge in [-0.25, -0.2) is 0 Å². The molecule has 1 atom stereocenters. The van der Waals surface area contributed by atoms with E-state index in [-0.39, 0.29) is 0 Å². The van der Waals surface area contributed by atoms with E-state index in [4.69, 9.17) is 0 Å². The second-order valence-electron chi connectivity index (χ2n) is 4.10. The van der Waals surface area contributed by atoms with Gasteiger partial charge in [0, 0.05) is 11.0 Å². The fourth-order valence-electron chi connectivity index (χ4n) is 2.03. The molecule has 1 aliphatic heterocycles. The van der Waals surface area contributed by atoms with Crippen molar-refractivity contribution in [2.75, 3.05) is 6.54 Å². The van der Waals surface area contributed by atoms with Crippen LogP contribution in [-0.2, 0) is 12.0 Å². The Balaban J connectivity index is 2.59. The maximum absolute atomic E-state index is 13.1. The van der Waals surface area contributed by atoms with E-state index in [1.165, 1.54) is 6.92 Å². The summed E-state index contributed by atoms with van der Waals surface area (Å²) >= 11 is 3.21. The molecule has 0 radical (unpaired) electrons. The number of benzene rings is 1. The summed E-state index contributed by atoms with van der Waals surface area (Å²) in [5, 5.41) is 2.57. The lowest BCUT2D eigenvalue weighted by Gasteiger charge is -2.38. The molecule has 2 rings (SSSR count). The molecular weight excluding hydrogens is 283 g/mol. The van der Waals surface area contributed by atoms with E-state index in [9.17, 15) is 13.2 Å². The summed E-state index contributed by atoms with van der Waals surface area (Å²) in [6.07, 6.45) is -3.66. The molecular formula is C11H11BrF3N. The predicted molar refractivity (Wildman–Crippen MR) is 59.3 cm³/mol. The molecule has 1 N–H and O–H groups in total. The third kappa shape index (κ3) is 1.76. The first kappa shape index (κ1) is 11.9. The maximum atomic E-state index is 13.1. The van der Waals surface area contributed by atoms with Gasteiger partial charge in [-0.15, -0.1) is 0 Å². The monoisotopic (exact) mass is 293 g/mol. The number of hydrogen-bond acceptors (Lipinski definition) is 1. The quantitative estimate of drug-likeness (QED) is 0.773. The van der Waals surface area contributed by atoms with Gasteiger partial charge in [-0.1, -0.05) is 22.0 Å². The van der Waals surface area contributed by atoms with E-state index in [0.717, 1.165) is 5.56 Å². The zero-order chi connectivity index (χ0) is 12.0. The molecule has 0 spiro atoms. The Morgan fingerprint density at radius 1 is 1.38 bits per heavy atom. The van der Waals surface area contributed by atoms with Crippen molar-refractivity contribution in [2.45, 2.75) is 25.1 Å². The fourth-order valence-corrected chi connectivity index (χ4v) is 2.39. The summed E-state index contributed by atoms with van der Waals surface area (Å²) in [5.41, 5.74) is -0.855.